The third-order valence-corrected chi connectivity index (χ3v) is 7.01. The topological polar surface area (TPSA) is 86.4 Å². The van der Waals surface area contributed by atoms with Crippen LogP contribution in [0.4, 0.5) is 18.2 Å². The predicted octanol–water partition coefficient (Wildman–Crippen LogP) is 5.86. The first-order chi connectivity index (χ1) is 16.6. The molecule has 0 fully saturated rings. The van der Waals surface area contributed by atoms with Gasteiger partial charge in [0.15, 0.2) is 11.5 Å². The Kier molecular flexibility index (Phi) is 7.07. The molecule has 0 aliphatic heterocycles. The maximum absolute atomic E-state index is 12.9. The number of aryl methyl sites for hydroxylation is 1. The number of alkyl halides is 3. The third-order valence-electron chi connectivity index (χ3n) is 5.84. The zero-order valence-electron chi connectivity index (χ0n) is 19.6. The van der Waals surface area contributed by atoms with E-state index >= 15 is 0 Å². The van der Waals surface area contributed by atoms with Crippen molar-refractivity contribution in [2.45, 2.75) is 59.2 Å². The molecule has 4 rings (SSSR count). The molecule has 35 heavy (non-hydrogen) atoms. The Balaban J connectivity index is 1.53. The minimum absolute atomic E-state index is 0.0199. The Labute approximate surface area is 204 Å². The predicted molar refractivity (Wildman–Crippen MR) is 124 cm³/mol. The zero-order valence-corrected chi connectivity index (χ0v) is 20.4. The lowest BCUT2D eigenvalue weighted by Crippen LogP contribution is -2.16. The molecule has 1 atom stereocenters. The summed E-state index contributed by atoms with van der Waals surface area (Å²) in [6, 6.07) is 3.91. The first kappa shape index (κ1) is 25.0. The van der Waals surface area contributed by atoms with Gasteiger partial charge in [-0.15, -0.1) is 11.3 Å². The van der Waals surface area contributed by atoms with Crippen LogP contribution in [0.25, 0.3) is 0 Å². The average Bonchev–Trinajstić information content (AvgIpc) is 3.49. The lowest BCUT2D eigenvalue weighted by Gasteiger charge is -2.18. The minimum atomic E-state index is -4.54. The number of carbonyl (C=O) groups is 2. The Hall–Kier alpha value is -3.08. The average molecular weight is 510 g/mol. The van der Waals surface area contributed by atoms with Crippen LogP contribution in [0.1, 0.15) is 75.2 Å². The van der Waals surface area contributed by atoms with Crippen LogP contribution in [0.5, 0.6) is 0 Å². The van der Waals surface area contributed by atoms with E-state index < -0.39 is 23.7 Å². The number of thiophene rings is 1. The van der Waals surface area contributed by atoms with Gasteiger partial charge >= 0.3 is 12.1 Å². The molecule has 1 aliphatic rings. The van der Waals surface area contributed by atoms with Crippen LogP contribution in [0.2, 0.25) is 0 Å². The number of aromatic nitrogens is 2. The van der Waals surface area contributed by atoms with Gasteiger partial charge in [-0.1, -0.05) is 13.8 Å². The van der Waals surface area contributed by atoms with Gasteiger partial charge < -0.3 is 14.5 Å². The zero-order chi connectivity index (χ0) is 25.3. The van der Waals surface area contributed by atoms with Crippen LogP contribution in [0.15, 0.2) is 22.6 Å². The molecule has 0 aromatic carbocycles. The number of hydrogen-bond donors (Lipinski definition) is 1. The van der Waals surface area contributed by atoms with Gasteiger partial charge in [-0.2, -0.15) is 18.3 Å². The van der Waals surface area contributed by atoms with Crippen LogP contribution in [0.3, 0.4) is 0 Å². The minimum Gasteiger partial charge on any atom is -0.462 e. The highest BCUT2D eigenvalue weighted by Gasteiger charge is 2.34. The number of halogens is 3. The highest BCUT2D eigenvalue weighted by molar-refractivity contribution is 7.17. The van der Waals surface area contributed by atoms with Crippen LogP contribution in [-0.2, 0) is 30.3 Å². The van der Waals surface area contributed by atoms with Crippen molar-refractivity contribution in [2.75, 3.05) is 11.9 Å². The number of esters is 1. The van der Waals surface area contributed by atoms with Crippen molar-refractivity contribution in [3.8, 4) is 0 Å². The van der Waals surface area contributed by atoms with Gasteiger partial charge in [0.1, 0.15) is 10.8 Å². The highest BCUT2D eigenvalue weighted by Crippen LogP contribution is 2.40. The maximum atomic E-state index is 12.9. The molecule has 3 aromatic heterocycles. The SMILES string of the molecule is CCCOC(=O)c1c(NC(=O)c2ccc(Cn3nc(C(F)(F)F)cc3C)o2)sc2c1CC[C@@H](C)C2. The number of nitrogens with zero attached hydrogens (tertiary/aromatic N) is 2. The van der Waals surface area contributed by atoms with E-state index in [2.05, 4.69) is 17.3 Å². The summed E-state index contributed by atoms with van der Waals surface area (Å²) in [5.74, 6) is -0.268. The summed E-state index contributed by atoms with van der Waals surface area (Å²) in [5, 5.41) is 6.78. The summed E-state index contributed by atoms with van der Waals surface area (Å²) in [6.07, 6.45) is -1.33. The first-order valence-electron chi connectivity index (χ1n) is 11.4. The molecule has 0 saturated heterocycles. The van der Waals surface area contributed by atoms with Crippen LogP contribution >= 0.6 is 11.3 Å². The Morgan fingerprint density at radius 1 is 1.34 bits per heavy atom. The molecule has 7 nitrogen and oxygen atoms in total. The normalized spacial score (nSPS) is 15.7. The summed E-state index contributed by atoms with van der Waals surface area (Å²) in [4.78, 5) is 26.8. The summed E-state index contributed by atoms with van der Waals surface area (Å²) < 4.78 is 50.9. The summed E-state index contributed by atoms with van der Waals surface area (Å²) in [6.45, 7) is 5.80. The van der Waals surface area contributed by atoms with Crippen molar-refractivity contribution >= 4 is 28.2 Å². The van der Waals surface area contributed by atoms with Gasteiger partial charge in [0.25, 0.3) is 5.91 Å². The van der Waals surface area contributed by atoms with Crippen molar-refractivity contribution in [1.82, 2.24) is 9.78 Å². The number of ether oxygens (including phenoxy) is 1. The van der Waals surface area contributed by atoms with Gasteiger partial charge in [-0.25, -0.2) is 4.79 Å². The number of hydrogen-bond acceptors (Lipinski definition) is 6. The summed E-state index contributed by atoms with van der Waals surface area (Å²) in [7, 11) is 0. The van der Waals surface area contributed by atoms with Crippen molar-refractivity contribution < 1.29 is 31.9 Å². The smallest absolute Gasteiger partial charge is 0.435 e. The van der Waals surface area contributed by atoms with E-state index in [0.717, 1.165) is 35.8 Å². The fourth-order valence-electron chi connectivity index (χ4n) is 4.03. The van der Waals surface area contributed by atoms with Crippen molar-refractivity contribution in [1.29, 1.82) is 0 Å². The molecule has 1 N–H and O–H groups in total. The quantitative estimate of drug-likeness (QED) is 0.404. The summed E-state index contributed by atoms with van der Waals surface area (Å²) >= 11 is 1.37. The fourth-order valence-corrected chi connectivity index (χ4v) is 5.42. The van der Waals surface area contributed by atoms with Crippen LogP contribution < -0.4 is 5.32 Å². The number of rotatable bonds is 7. The van der Waals surface area contributed by atoms with Crippen molar-refractivity contribution in [2.24, 2.45) is 5.92 Å². The molecule has 188 valence electrons. The van der Waals surface area contributed by atoms with E-state index in [0.29, 0.717) is 28.6 Å². The largest absolute Gasteiger partial charge is 0.462 e. The molecule has 0 spiro atoms. The molecule has 1 aliphatic carbocycles. The number of anilines is 1. The van der Waals surface area contributed by atoms with E-state index in [4.69, 9.17) is 9.15 Å². The highest BCUT2D eigenvalue weighted by atomic mass is 32.1. The molecular weight excluding hydrogens is 483 g/mol. The third kappa shape index (κ3) is 5.44. The Morgan fingerprint density at radius 2 is 2.11 bits per heavy atom. The monoisotopic (exact) mass is 509 g/mol. The molecule has 0 bridgehead atoms. The molecular formula is C24H26F3N3O4S. The Morgan fingerprint density at radius 3 is 2.80 bits per heavy atom. The van der Waals surface area contributed by atoms with Crippen LogP contribution in [-0.4, -0.2) is 28.3 Å². The van der Waals surface area contributed by atoms with Gasteiger partial charge in [0, 0.05) is 10.6 Å². The van der Waals surface area contributed by atoms with E-state index in [1.807, 2.05) is 6.92 Å². The summed E-state index contributed by atoms with van der Waals surface area (Å²) in [5.41, 5.74) is 0.655. The van der Waals surface area contributed by atoms with E-state index in [9.17, 15) is 22.8 Å². The van der Waals surface area contributed by atoms with Gasteiger partial charge in [0.2, 0.25) is 0 Å². The lowest BCUT2D eigenvalue weighted by molar-refractivity contribution is -0.141. The van der Waals surface area contributed by atoms with E-state index in [1.54, 1.807) is 0 Å². The van der Waals surface area contributed by atoms with Gasteiger partial charge in [-0.3, -0.25) is 9.48 Å². The maximum Gasteiger partial charge on any atom is 0.435 e. The number of nitrogens with one attached hydrogen (secondary N) is 1. The van der Waals surface area contributed by atoms with Crippen LogP contribution in [0, 0.1) is 12.8 Å². The molecule has 3 heterocycles. The molecule has 0 unspecified atom stereocenters. The second-order valence-corrected chi connectivity index (χ2v) is 9.84. The molecule has 3 aromatic rings. The number of fused-ring (bicyclic) bond motifs is 1. The second kappa shape index (κ2) is 9.88. The standard InChI is InChI=1S/C24H26F3N3O4S/c1-4-9-33-23(32)20-16-7-5-13(2)10-18(16)35-22(20)28-21(31)17-8-6-15(34-17)12-30-14(3)11-19(29-30)24(25,26)27/h6,8,11,13H,4-5,7,9-10,12H2,1-3H3,(H,28,31)/t13-/m1/s1. The number of furan rings is 1. The van der Waals surface area contributed by atoms with E-state index in [-0.39, 0.29) is 24.7 Å². The number of amides is 1. The van der Waals surface area contributed by atoms with Crippen molar-refractivity contribution in [3.63, 3.8) is 0 Å². The number of carbonyl (C=O) groups excluding carboxylic acids is 2. The van der Waals surface area contributed by atoms with Gasteiger partial charge in [-0.05, 0) is 62.3 Å². The van der Waals surface area contributed by atoms with Gasteiger partial charge in [0.05, 0.1) is 18.7 Å². The lowest BCUT2D eigenvalue weighted by atomic mass is 9.88. The fraction of sp³-hybridized carbons (Fsp3) is 0.458. The van der Waals surface area contributed by atoms with Crippen molar-refractivity contribution in [3.05, 3.63) is 57.1 Å². The first-order valence-corrected chi connectivity index (χ1v) is 12.2. The van der Waals surface area contributed by atoms with E-state index in [1.165, 1.54) is 35.1 Å². The Bertz CT molecular complexity index is 1240. The second-order valence-electron chi connectivity index (χ2n) is 8.74. The molecule has 0 radical (unpaired) electrons. The molecule has 1 amide bonds. The molecule has 11 heteroatoms. The molecule has 0 saturated carbocycles.